The summed E-state index contributed by atoms with van der Waals surface area (Å²) >= 11 is 1.09. The molecule has 33 heavy (non-hydrogen) atoms. The number of ether oxygens (including phenoxy) is 1. The number of rotatable bonds is 7. The highest BCUT2D eigenvalue weighted by atomic mass is 32.2. The first kappa shape index (κ1) is 22.8. The molecule has 1 aromatic heterocycles. The summed E-state index contributed by atoms with van der Waals surface area (Å²) in [6, 6.07) is 18.3. The van der Waals surface area contributed by atoms with Crippen LogP contribution in [0.3, 0.4) is 0 Å². The summed E-state index contributed by atoms with van der Waals surface area (Å²) in [4.78, 5) is 14.8. The quantitative estimate of drug-likeness (QED) is 0.395. The standard InChI is InChI=1S/C24H21FN2O4S2/c1-27(15-16-9-10-22(31-2)20(25)12-16)24(28)19-13-17-6-3-4-7-18(17)14-21(19)26-33(29,30)23-8-5-11-32-23/h3-14,26H,15H2,1-2H3. The Bertz CT molecular complexity index is 1420. The number of carbonyl (C=O) groups is 1. The van der Waals surface area contributed by atoms with Crippen LogP contribution in [0.25, 0.3) is 10.8 Å². The minimum absolute atomic E-state index is 0.118. The minimum Gasteiger partial charge on any atom is -0.494 e. The van der Waals surface area contributed by atoms with Crippen LogP contribution >= 0.6 is 11.3 Å². The molecule has 0 aliphatic heterocycles. The van der Waals surface area contributed by atoms with Crippen molar-refractivity contribution in [3.8, 4) is 5.75 Å². The van der Waals surface area contributed by atoms with Gasteiger partial charge in [-0.25, -0.2) is 12.8 Å². The summed E-state index contributed by atoms with van der Waals surface area (Å²) < 4.78 is 47.4. The first-order chi connectivity index (χ1) is 15.8. The predicted octanol–water partition coefficient (Wildman–Crippen LogP) is 5.12. The molecule has 1 amide bonds. The lowest BCUT2D eigenvalue weighted by molar-refractivity contribution is 0.0786. The van der Waals surface area contributed by atoms with E-state index in [1.165, 1.54) is 30.2 Å². The van der Waals surface area contributed by atoms with Crippen LogP contribution < -0.4 is 9.46 Å². The molecule has 0 saturated carbocycles. The van der Waals surface area contributed by atoms with E-state index >= 15 is 0 Å². The van der Waals surface area contributed by atoms with E-state index in [9.17, 15) is 17.6 Å². The van der Waals surface area contributed by atoms with Crippen LogP contribution in [-0.2, 0) is 16.6 Å². The van der Waals surface area contributed by atoms with Crippen LogP contribution in [-0.4, -0.2) is 33.4 Å². The molecule has 0 unspecified atom stereocenters. The molecule has 3 aromatic carbocycles. The van der Waals surface area contributed by atoms with E-state index < -0.39 is 21.7 Å². The first-order valence-corrected chi connectivity index (χ1v) is 12.3. The Balaban J connectivity index is 1.69. The Labute approximate surface area is 195 Å². The highest BCUT2D eigenvalue weighted by Gasteiger charge is 2.22. The van der Waals surface area contributed by atoms with Gasteiger partial charge in [0.05, 0.1) is 18.4 Å². The number of amides is 1. The largest absolute Gasteiger partial charge is 0.494 e. The zero-order valence-electron chi connectivity index (χ0n) is 17.9. The highest BCUT2D eigenvalue weighted by Crippen LogP contribution is 2.29. The second-order valence-corrected chi connectivity index (χ2v) is 10.3. The van der Waals surface area contributed by atoms with E-state index in [1.807, 2.05) is 24.3 Å². The number of nitrogens with zero attached hydrogens (tertiary/aromatic N) is 1. The van der Waals surface area contributed by atoms with Crippen LogP contribution in [0.4, 0.5) is 10.1 Å². The van der Waals surface area contributed by atoms with E-state index in [0.29, 0.717) is 5.56 Å². The van der Waals surface area contributed by atoms with Gasteiger partial charge in [-0.15, -0.1) is 11.3 Å². The average Bonchev–Trinajstić information content (AvgIpc) is 3.34. The van der Waals surface area contributed by atoms with E-state index in [2.05, 4.69) is 4.72 Å². The van der Waals surface area contributed by atoms with Gasteiger partial charge in [0.25, 0.3) is 15.9 Å². The minimum atomic E-state index is -3.86. The van der Waals surface area contributed by atoms with Gasteiger partial charge >= 0.3 is 0 Å². The van der Waals surface area contributed by atoms with E-state index in [4.69, 9.17) is 4.74 Å². The van der Waals surface area contributed by atoms with Gasteiger partial charge in [0.2, 0.25) is 0 Å². The normalized spacial score (nSPS) is 11.4. The maximum Gasteiger partial charge on any atom is 0.271 e. The van der Waals surface area contributed by atoms with Crippen molar-refractivity contribution in [3.63, 3.8) is 0 Å². The molecule has 0 bridgehead atoms. The highest BCUT2D eigenvalue weighted by molar-refractivity contribution is 7.94. The molecule has 0 fully saturated rings. The molecule has 0 atom stereocenters. The molecule has 1 N–H and O–H groups in total. The third-order valence-electron chi connectivity index (χ3n) is 5.10. The lowest BCUT2D eigenvalue weighted by Crippen LogP contribution is -2.27. The summed E-state index contributed by atoms with van der Waals surface area (Å²) in [7, 11) is -0.897. The van der Waals surface area contributed by atoms with E-state index in [-0.39, 0.29) is 27.8 Å². The maximum absolute atomic E-state index is 14.1. The van der Waals surface area contributed by atoms with Gasteiger partial charge in [0, 0.05) is 13.6 Å². The fourth-order valence-electron chi connectivity index (χ4n) is 3.47. The van der Waals surface area contributed by atoms with Gasteiger partial charge in [-0.3, -0.25) is 9.52 Å². The second-order valence-electron chi connectivity index (χ2n) is 7.41. The smallest absolute Gasteiger partial charge is 0.271 e. The van der Waals surface area contributed by atoms with Crippen LogP contribution in [0.2, 0.25) is 0 Å². The number of halogens is 1. The molecule has 6 nitrogen and oxygen atoms in total. The summed E-state index contributed by atoms with van der Waals surface area (Å²) in [5.74, 6) is -0.806. The molecular formula is C24H21FN2O4S2. The van der Waals surface area contributed by atoms with Gasteiger partial charge in [0.1, 0.15) is 4.21 Å². The number of thiophene rings is 1. The molecule has 1 heterocycles. The molecule has 0 aliphatic rings. The van der Waals surface area contributed by atoms with Gasteiger partial charge in [0.15, 0.2) is 11.6 Å². The Kier molecular flexibility index (Phi) is 6.35. The number of fused-ring (bicyclic) bond motifs is 1. The molecule has 0 saturated heterocycles. The Hall–Kier alpha value is -3.43. The van der Waals surface area contributed by atoms with Crippen molar-refractivity contribution in [2.45, 2.75) is 10.8 Å². The third-order valence-corrected chi connectivity index (χ3v) is 7.87. The van der Waals surface area contributed by atoms with Gasteiger partial charge in [-0.2, -0.15) is 0 Å². The topological polar surface area (TPSA) is 75.7 Å². The monoisotopic (exact) mass is 484 g/mol. The van der Waals surface area contributed by atoms with Crippen molar-refractivity contribution in [2.24, 2.45) is 0 Å². The Morgan fingerprint density at radius 2 is 1.79 bits per heavy atom. The molecule has 4 rings (SSSR count). The fourth-order valence-corrected chi connectivity index (χ4v) is 5.54. The van der Waals surface area contributed by atoms with E-state index in [1.54, 1.807) is 36.7 Å². The van der Waals surface area contributed by atoms with Crippen molar-refractivity contribution in [3.05, 3.63) is 89.1 Å². The van der Waals surface area contributed by atoms with Crippen molar-refractivity contribution >= 4 is 43.7 Å². The maximum atomic E-state index is 14.1. The lowest BCUT2D eigenvalue weighted by atomic mass is 10.0. The van der Waals surface area contributed by atoms with Crippen molar-refractivity contribution in [1.29, 1.82) is 0 Å². The number of nitrogens with one attached hydrogen (secondary N) is 1. The SMILES string of the molecule is COc1ccc(CN(C)C(=O)c2cc3ccccc3cc2NS(=O)(=O)c2cccs2)cc1F. The molecule has 4 aromatic rings. The number of sulfonamides is 1. The molecule has 0 spiro atoms. The number of anilines is 1. The van der Waals surface area contributed by atoms with Crippen molar-refractivity contribution in [1.82, 2.24) is 4.90 Å². The third kappa shape index (κ3) is 4.84. The zero-order chi connectivity index (χ0) is 23.6. The number of methoxy groups -OCH3 is 1. The predicted molar refractivity (Wildman–Crippen MR) is 128 cm³/mol. The van der Waals surface area contributed by atoms with Gasteiger partial charge in [-0.1, -0.05) is 36.4 Å². The van der Waals surface area contributed by atoms with Gasteiger partial charge in [-0.05, 0) is 52.0 Å². The molecule has 0 radical (unpaired) electrons. The van der Waals surface area contributed by atoms with Crippen LogP contribution in [0.5, 0.6) is 5.75 Å². The molecular weight excluding hydrogens is 463 g/mol. The summed E-state index contributed by atoms with van der Waals surface area (Å²) in [5.41, 5.74) is 0.954. The van der Waals surface area contributed by atoms with E-state index in [0.717, 1.165) is 22.1 Å². The number of hydrogen-bond acceptors (Lipinski definition) is 5. The summed E-state index contributed by atoms with van der Waals surface area (Å²) in [6.07, 6.45) is 0. The van der Waals surface area contributed by atoms with Crippen molar-refractivity contribution in [2.75, 3.05) is 18.9 Å². The summed E-state index contributed by atoms with van der Waals surface area (Å²) in [6.45, 7) is 0.129. The zero-order valence-corrected chi connectivity index (χ0v) is 19.5. The fraction of sp³-hybridized carbons (Fsp3) is 0.125. The first-order valence-electron chi connectivity index (χ1n) is 9.95. The lowest BCUT2D eigenvalue weighted by Gasteiger charge is -2.20. The van der Waals surface area contributed by atoms with Crippen LogP contribution in [0.15, 0.2) is 76.3 Å². The number of carbonyl (C=O) groups excluding carboxylic acids is 1. The van der Waals surface area contributed by atoms with Crippen LogP contribution in [0, 0.1) is 5.82 Å². The number of hydrogen-bond donors (Lipinski definition) is 1. The molecule has 9 heteroatoms. The Morgan fingerprint density at radius 1 is 1.06 bits per heavy atom. The van der Waals surface area contributed by atoms with Gasteiger partial charge < -0.3 is 9.64 Å². The van der Waals surface area contributed by atoms with Crippen LogP contribution in [0.1, 0.15) is 15.9 Å². The molecule has 170 valence electrons. The Morgan fingerprint density at radius 3 is 2.42 bits per heavy atom. The van der Waals surface area contributed by atoms with Crippen molar-refractivity contribution < 1.29 is 22.3 Å². The summed E-state index contributed by atoms with van der Waals surface area (Å²) in [5, 5.41) is 3.25. The average molecular weight is 485 g/mol. The second kappa shape index (κ2) is 9.21. The number of benzene rings is 3. The molecule has 0 aliphatic carbocycles.